The third-order valence-electron chi connectivity index (χ3n) is 4.29. The van der Waals surface area contributed by atoms with Crippen LogP contribution in [-0.4, -0.2) is 54.0 Å². The summed E-state index contributed by atoms with van der Waals surface area (Å²) in [5, 5.41) is 12.7. The van der Waals surface area contributed by atoms with Crippen molar-refractivity contribution in [2.75, 3.05) is 19.8 Å². The second kappa shape index (κ2) is 8.49. The van der Waals surface area contributed by atoms with E-state index in [1.165, 1.54) is 16.7 Å². The van der Waals surface area contributed by atoms with Crippen molar-refractivity contribution in [3.63, 3.8) is 0 Å². The van der Waals surface area contributed by atoms with E-state index in [1.54, 1.807) is 11.8 Å². The van der Waals surface area contributed by atoms with Gasteiger partial charge in [-0.05, 0) is 46.1 Å². The summed E-state index contributed by atoms with van der Waals surface area (Å²) in [6.45, 7) is 9.56. The molecule has 0 saturated carbocycles. The van der Waals surface area contributed by atoms with Gasteiger partial charge < -0.3 is 20.1 Å². The molecule has 134 valence electrons. The highest BCUT2D eigenvalue weighted by Gasteiger charge is 2.28. The summed E-state index contributed by atoms with van der Waals surface area (Å²) >= 11 is 0. The minimum atomic E-state index is -0.445. The summed E-state index contributed by atoms with van der Waals surface area (Å²) < 4.78 is 5.46. The van der Waals surface area contributed by atoms with Crippen molar-refractivity contribution in [3.8, 4) is 0 Å². The van der Waals surface area contributed by atoms with E-state index in [0.29, 0.717) is 26.2 Å². The van der Waals surface area contributed by atoms with E-state index < -0.39 is 6.10 Å². The van der Waals surface area contributed by atoms with Gasteiger partial charge in [-0.3, -0.25) is 0 Å². The predicted molar refractivity (Wildman–Crippen MR) is 95.2 cm³/mol. The molecule has 2 rings (SSSR count). The van der Waals surface area contributed by atoms with Gasteiger partial charge in [-0.1, -0.05) is 29.3 Å². The van der Waals surface area contributed by atoms with Crippen LogP contribution in [0.5, 0.6) is 0 Å². The van der Waals surface area contributed by atoms with Crippen LogP contribution in [0.15, 0.2) is 18.2 Å². The first-order valence-corrected chi connectivity index (χ1v) is 8.75. The number of urea groups is 1. The monoisotopic (exact) mass is 334 g/mol. The summed E-state index contributed by atoms with van der Waals surface area (Å²) in [4.78, 5) is 14.4. The second-order valence-electron chi connectivity index (χ2n) is 7.06. The number of rotatable bonds is 5. The molecule has 1 aromatic rings. The quantitative estimate of drug-likeness (QED) is 0.869. The predicted octanol–water partition coefficient (Wildman–Crippen LogP) is 2.42. The smallest absolute Gasteiger partial charge is 0.318 e. The van der Waals surface area contributed by atoms with Gasteiger partial charge in [0.25, 0.3) is 0 Å². The largest absolute Gasteiger partial charge is 0.393 e. The third kappa shape index (κ3) is 5.49. The number of ether oxygens (including phenoxy) is 1. The molecule has 1 heterocycles. The fourth-order valence-corrected chi connectivity index (χ4v) is 3.40. The molecule has 1 aliphatic heterocycles. The van der Waals surface area contributed by atoms with E-state index in [-0.39, 0.29) is 18.1 Å². The maximum absolute atomic E-state index is 12.6. The first-order valence-electron chi connectivity index (χ1n) is 8.75. The van der Waals surface area contributed by atoms with Crippen LogP contribution >= 0.6 is 0 Å². The highest BCUT2D eigenvalue weighted by molar-refractivity contribution is 5.75. The number of carbonyl (C=O) groups is 1. The molecule has 0 unspecified atom stereocenters. The van der Waals surface area contributed by atoms with Gasteiger partial charge >= 0.3 is 6.03 Å². The number of aliphatic hydroxyl groups is 1. The van der Waals surface area contributed by atoms with Gasteiger partial charge in [-0.25, -0.2) is 4.79 Å². The Kier molecular flexibility index (Phi) is 6.63. The SMILES string of the molecule is Cc1cc(C)cc(C[C@H](C)NC(=O)N2CCOC[C@@H]2C[C@H](C)O)c1. The van der Waals surface area contributed by atoms with Crippen LogP contribution in [0.4, 0.5) is 4.79 Å². The fourth-order valence-electron chi connectivity index (χ4n) is 3.40. The zero-order valence-electron chi connectivity index (χ0n) is 15.2. The molecule has 24 heavy (non-hydrogen) atoms. The molecule has 0 aromatic heterocycles. The molecule has 1 aliphatic rings. The van der Waals surface area contributed by atoms with E-state index in [1.807, 2.05) is 6.92 Å². The molecule has 2 amide bonds. The van der Waals surface area contributed by atoms with E-state index in [4.69, 9.17) is 4.74 Å². The molecule has 5 nitrogen and oxygen atoms in total. The standard InChI is InChI=1S/C19H30N2O3/c1-13-7-14(2)9-17(8-13)10-15(3)20-19(23)21-5-6-24-12-18(21)11-16(4)22/h7-9,15-16,18,22H,5-6,10-12H2,1-4H3,(H,20,23)/t15-,16-,18-/m0/s1. The van der Waals surface area contributed by atoms with Gasteiger partial charge in [-0.15, -0.1) is 0 Å². The molecule has 5 heteroatoms. The minimum Gasteiger partial charge on any atom is -0.393 e. The zero-order valence-corrected chi connectivity index (χ0v) is 15.2. The Balaban J connectivity index is 1.94. The Labute approximate surface area is 145 Å². The topological polar surface area (TPSA) is 61.8 Å². The number of nitrogens with one attached hydrogen (secondary N) is 1. The molecule has 2 N–H and O–H groups in total. The number of benzene rings is 1. The number of hydrogen-bond acceptors (Lipinski definition) is 3. The molecule has 0 aliphatic carbocycles. The summed E-state index contributed by atoms with van der Waals surface area (Å²) in [7, 11) is 0. The number of amides is 2. The molecule has 0 bridgehead atoms. The van der Waals surface area contributed by atoms with Crippen molar-refractivity contribution in [2.24, 2.45) is 0 Å². The van der Waals surface area contributed by atoms with Crippen LogP contribution in [0.3, 0.4) is 0 Å². The molecule has 1 saturated heterocycles. The lowest BCUT2D eigenvalue weighted by Crippen LogP contribution is -2.54. The third-order valence-corrected chi connectivity index (χ3v) is 4.29. The molecule has 3 atom stereocenters. The maximum atomic E-state index is 12.6. The average molecular weight is 334 g/mol. The summed E-state index contributed by atoms with van der Waals surface area (Å²) in [5.41, 5.74) is 3.73. The number of aryl methyl sites for hydroxylation is 2. The number of nitrogens with zero attached hydrogens (tertiary/aromatic N) is 1. The van der Waals surface area contributed by atoms with Gasteiger partial charge in [0.05, 0.1) is 25.4 Å². The van der Waals surface area contributed by atoms with Crippen LogP contribution in [0.25, 0.3) is 0 Å². The molecule has 0 radical (unpaired) electrons. The Morgan fingerprint density at radius 3 is 2.62 bits per heavy atom. The number of hydrogen-bond donors (Lipinski definition) is 2. The van der Waals surface area contributed by atoms with Crippen molar-refractivity contribution in [3.05, 3.63) is 34.9 Å². The van der Waals surface area contributed by atoms with E-state index in [2.05, 4.69) is 37.4 Å². The second-order valence-corrected chi connectivity index (χ2v) is 7.06. The van der Waals surface area contributed by atoms with Crippen LogP contribution < -0.4 is 5.32 Å². The van der Waals surface area contributed by atoms with E-state index in [0.717, 1.165) is 6.42 Å². The lowest BCUT2D eigenvalue weighted by Gasteiger charge is -2.37. The molecular weight excluding hydrogens is 304 g/mol. The van der Waals surface area contributed by atoms with Crippen molar-refractivity contribution in [2.45, 2.75) is 58.7 Å². The van der Waals surface area contributed by atoms with Gasteiger partial charge in [0, 0.05) is 12.6 Å². The molecular formula is C19H30N2O3. The summed E-state index contributed by atoms with van der Waals surface area (Å²) in [5.74, 6) is 0. The van der Waals surface area contributed by atoms with E-state index >= 15 is 0 Å². The van der Waals surface area contributed by atoms with Crippen LogP contribution in [0, 0.1) is 13.8 Å². The number of carbonyl (C=O) groups excluding carboxylic acids is 1. The maximum Gasteiger partial charge on any atom is 0.318 e. The van der Waals surface area contributed by atoms with E-state index in [9.17, 15) is 9.90 Å². The normalized spacial score (nSPS) is 20.5. The lowest BCUT2D eigenvalue weighted by atomic mass is 10.0. The molecule has 1 aromatic carbocycles. The fraction of sp³-hybridized carbons (Fsp3) is 0.632. The van der Waals surface area contributed by atoms with Gasteiger partial charge in [0.15, 0.2) is 0 Å². The van der Waals surface area contributed by atoms with Gasteiger partial charge in [-0.2, -0.15) is 0 Å². The Bertz CT molecular complexity index is 539. The lowest BCUT2D eigenvalue weighted by molar-refractivity contribution is -0.00471. The van der Waals surface area contributed by atoms with Crippen LogP contribution in [-0.2, 0) is 11.2 Å². The van der Waals surface area contributed by atoms with Crippen molar-refractivity contribution < 1.29 is 14.6 Å². The average Bonchev–Trinajstić information content (AvgIpc) is 2.45. The van der Waals surface area contributed by atoms with Crippen molar-refractivity contribution in [1.82, 2.24) is 10.2 Å². The van der Waals surface area contributed by atoms with Crippen LogP contribution in [0.1, 0.15) is 37.0 Å². The van der Waals surface area contributed by atoms with Crippen molar-refractivity contribution in [1.29, 1.82) is 0 Å². The molecule has 1 fully saturated rings. The number of morpholine rings is 1. The molecule has 0 spiro atoms. The van der Waals surface area contributed by atoms with Crippen LogP contribution in [0.2, 0.25) is 0 Å². The van der Waals surface area contributed by atoms with Crippen molar-refractivity contribution >= 4 is 6.03 Å². The first kappa shape index (κ1) is 18.7. The first-order chi connectivity index (χ1) is 11.3. The minimum absolute atomic E-state index is 0.0498. The van der Waals surface area contributed by atoms with Gasteiger partial charge in [0.2, 0.25) is 0 Å². The summed E-state index contributed by atoms with van der Waals surface area (Å²) in [6, 6.07) is 6.41. The van der Waals surface area contributed by atoms with Gasteiger partial charge in [0.1, 0.15) is 0 Å². The summed E-state index contributed by atoms with van der Waals surface area (Å²) in [6.07, 6.45) is 0.901. The Morgan fingerprint density at radius 1 is 1.33 bits per heavy atom. The Morgan fingerprint density at radius 2 is 2.00 bits per heavy atom. The highest BCUT2D eigenvalue weighted by atomic mass is 16.5. The number of aliphatic hydroxyl groups excluding tert-OH is 1. The zero-order chi connectivity index (χ0) is 17.7. The highest BCUT2D eigenvalue weighted by Crippen LogP contribution is 2.14. The Hall–Kier alpha value is -1.59.